The zero-order chi connectivity index (χ0) is 18.6. The Morgan fingerprint density at radius 2 is 2.00 bits per heavy atom. The van der Waals surface area contributed by atoms with E-state index in [1.807, 2.05) is 0 Å². The molecule has 0 saturated heterocycles. The smallest absolute Gasteiger partial charge is 0.308 e. The van der Waals surface area contributed by atoms with E-state index in [2.05, 4.69) is 45.1 Å². The van der Waals surface area contributed by atoms with Crippen molar-refractivity contribution >= 4 is 39.9 Å². The van der Waals surface area contributed by atoms with E-state index in [1.165, 1.54) is 53.5 Å². The molecule has 1 aliphatic carbocycles. The summed E-state index contributed by atoms with van der Waals surface area (Å²) in [6.45, 7) is 0. The summed E-state index contributed by atoms with van der Waals surface area (Å²) >= 11 is 2.93. The molecule has 1 heterocycles. The summed E-state index contributed by atoms with van der Waals surface area (Å²) in [7, 11) is 0. The lowest BCUT2D eigenvalue weighted by molar-refractivity contribution is 0.262. The zero-order valence-corrected chi connectivity index (χ0v) is 15.9. The molecule has 1 aromatic heterocycles. The number of nitrogens with zero attached hydrogens (tertiary/aromatic N) is 2. The number of carbonyl (C=O) groups is 1. The normalized spacial score (nSPS) is 13.4. The SMILES string of the molecule is O=C(Nc1cccc(F)c1)Nc1nnc(SCc2ccccc2C2CC2)s1. The Labute approximate surface area is 164 Å². The Morgan fingerprint density at radius 3 is 2.81 bits per heavy atom. The topological polar surface area (TPSA) is 66.9 Å². The van der Waals surface area contributed by atoms with Crippen molar-refractivity contribution in [2.24, 2.45) is 0 Å². The van der Waals surface area contributed by atoms with Crippen molar-refractivity contribution in [1.82, 2.24) is 10.2 Å². The van der Waals surface area contributed by atoms with Crippen LogP contribution >= 0.6 is 23.1 Å². The number of thioether (sulfide) groups is 1. The summed E-state index contributed by atoms with van der Waals surface area (Å²) in [5.74, 6) is 1.13. The summed E-state index contributed by atoms with van der Waals surface area (Å²) in [6, 6.07) is 13.7. The van der Waals surface area contributed by atoms with Crippen molar-refractivity contribution in [3.8, 4) is 0 Å². The molecule has 4 rings (SSSR count). The van der Waals surface area contributed by atoms with E-state index in [9.17, 15) is 9.18 Å². The summed E-state index contributed by atoms with van der Waals surface area (Å²) in [5, 5.41) is 13.7. The monoisotopic (exact) mass is 400 g/mol. The maximum Gasteiger partial charge on any atom is 0.325 e. The second kappa shape index (κ2) is 8.06. The standard InChI is InChI=1S/C19H17FN4OS2/c20-14-5-3-6-15(10-14)21-17(25)22-18-23-24-19(27-18)26-11-13-4-1-2-7-16(13)12-8-9-12/h1-7,10,12H,8-9,11H2,(H2,21,22,23,25). The van der Waals surface area contributed by atoms with Gasteiger partial charge in [0.25, 0.3) is 0 Å². The molecule has 0 aliphatic heterocycles. The van der Waals surface area contributed by atoms with Gasteiger partial charge in [0.05, 0.1) is 0 Å². The minimum atomic E-state index is -0.479. The largest absolute Gasteiger partial charge is 0.325 e. The average molecular weight is 401 g/mol. The fourth-order valence-electron chi connectivity index (χ4n) is 2.74. The number of aromatic nitrogens is 2. The molecule has 2 aromatic carbocycles. The molecular formula is C19H17FN4OS2. The van der Waals surface area contributed by atoms with Gasteiger partial charge in [-0.1, -0.05) is 53.4 Å². The molecule has 2 amide bonds. The van der Waals surface area contributed by atoms with Crippen molar-refractivity contribution in [2.75, 3.05) is 10.6 Å². The molecule has 0 unspecified atom stereocenters. The fraction of sp³-hybridized carbons (Fsp3) is 0.211. The van der Waals surface area contributed by atoms with Crippen LogP contribution in [0.4, 0.5) is 20.0 Å². The van der Waals surface area contributed by atoms with Crippen LogP contribution in [0.2, 0.25) is 0 Å². The second-order valence-electron chi connectivity index (χ2n) is 6.22. The summed E-state index contributed by atoms with van der Waals surface area (Å²) in [5.41, 5.74) is 3.14. The highest BCUT2D eigenvalue weighted by Gasteiger charge is 2.25. The Bertz CT molecular complexity index is 958. The number of halogens is 1. The zero-order valence-electron chi connectivity index (χ0n) is 14.3. The Morgan fingerprint density at radius 1 is 1.15 bits per heavy atom. The van der Waals surface area contributed by atoms with Crippen LogP contribution in [-0.4, -0.2) is 16.2 Å². The fourth-order valence-corrected chi connectivity index (χ4v) is 4.50. The van der Waals surface area contributed by atoms with Gasteiger partial charge in [-0.3, -0.25) is 5.32 Å². The number of nitrogens with one attached hydrogen (secondary N) is 2. The number of carbonyl (C=O) groups excluding carboxylic acids is 1. The quantitative estimate of drug-likeness (QED) is 0.424. The Hall–Kier alpha value is -2.45. The lowest BCUT2D eigenvalue weighted by Crippen LogP contribution is -2.19. The molecule has 5 nitrogen and oxygen atoms in total. The van der Waals surface area contributed by atoms with Gasteiger partial charge in [0.15, 0.2) is 4.34 Å². The molecule has 1 saturated carbocycles. The van der Waals surface area contributed by atoms with E-state index in [0.29, 0.717) is 16.7 Å². The number of rotatable bonds is 6. The number of anilines is 2. The first-order valence-electron chi connectivity index (χ1n) is 8.55. The third kappa shape index (κ3) is 4.84. The van der Waals surface area contributed by atoms with E-state index < -0.39 is 11.8 Å². The first-order chi connectivity index (χ1) is 13.2. The van der Waals surface area contributed by atoms with Crippen LogP contribution in [0.1, 0.15) is 29.9 Å². The maximum absolute atomic E-state index is 13.2. The van der Waals surface area contributed by atoms with Gasteiger partial charge >= 0.3 is 6.03 Å². The van der Waals surface area contributed by atoms with E-state index >= 15 is 0 Å². The summed E-state index contributed by atoms with van der Waals surface area (Å²) in [6.07, 6.45) is 2.55. The van der Waals surface area contributed by atoms with E-state index in [-0.39, 0.29) is 0 Å². The highest BCUT2D eigenvalue weighted by molar-refractivity contribution is 8.00. The highest BCUT2D eigenvalue weighted by atomic mass is 32.2. The molecule has 0 radical (unpaired) electrons. The predicted molar refractivity (Wildman–Crippen MR) is 107 cm³/mol. The van der Waals surface area contributed by atoms with Crippen LogP contribution in [0.5, 0.6) is 0 Å². The summed E-state index contributed by atoms with van der Waals surface area (Å²) < 4.78 is 14.0. The van der Waals surface area contributed by atoms with Gasteiger partial charge in [0.2, 0.25) is 5.13 Å². The van der Waals surface area contributed by atoms with Crippen LogP contribution in [0.25, 0.3) is 0 Å². The lowest BCUT2D eigenvalue weighted by Gasteiger charge is -2.06. The van der Waals surface area contributed by atoms with Crippen LogP contribution in [0.15, 0.2) is 52.9 Å². The lowest BCUT2D eigenvalue weighted by atomic mass is 10.1. The van der Waals surface area contributed by atoms with Crippen LogP contribution in [-0.2, 0) is 5.75 Å². The molecule has 1 aliphatic rings. The van der Waals surface area contributed by atoms with Crippen molar-refractivity contribution < 1.29 is 9.18 Å². The number of urea groups is 1. The van der Waals surface area contributed by atoms with Gasteiger partial charge < -0.3 is 5.32 Å². The van der Waals surface area contributed by atoms with E-state index in [0.717, 1.165) is 10.1 Å². The summed E-state index contributed by atoms with van der Waals surface area (Å²) in [4.78, 5) is 12.0. The van der Waals surface area contributed by atoms with Crippen molar-refractivity contribution in [2.45, 2.75) is 28.9 Å². The van der Waals surface area contributed by atoms with Crippen molar-refractivity contribution in [1.29, 1.82) is 0 Å². The Kier molecular flexibility index (Phi) is 5.35. The first-order valence-corrected chi connectivity index (χ1v) is 10.4. The molecule has 2 N–H and O–H groups in total. The molecular weight excluding hydrogens is 383 g/mol. The van der Waals surface area contributed by atoms with Crippen LogP contribution in [0.3, 0.4) is 0 Å². The molecule has 138 valence electrons. The second-order valence-corrected chi connectivity index (χ2v) is 8.42. The molecule has 0 atom stereocenters. The van der Waals surface area contributed by atoms with Gasteiger partial charge in [-0.2, -0.15) is 0 Å². The minimum Gasteiger partial charge on any atom is -0.308 e. The minimum absolute atomic E-state index is 0.378. The molecule has 27 heavy (non-hydrogen) atoms. The Balaban J connectivity index is 1.33. The number of hydrogen-bond donors (Lipinski definition) is 2. The van der Waals surface area contributed by atoms with Crippen LogP contribution in [0, 0.1) is 5.82 Å². The number of benzene rings is 2. The number of hydrogen-bond acceptors (Lipinski definition) is 5. The molecule has 1 fully saturated rings. The number of amides is 2. The van der Waals surface area contributed by atoms with Gasteiger partial charge in [-0.15, -0.1) is 10.2 Å². The van der Waals surface area contributed by atoms with Gasteiger partial charge in [0, 0.05) is 11.4 Å². The predicted octanol–water partition coefficient (Wildman–Crippen LogP) is 5.49. The first kappa shape index (κ1) is 17.9. The van der Waals surface area contributed by atoms with Crippen molar-refractivity contribution in [3.63, 3.8) is 0 Å². The molecule has 8 heteroatoms. The maximum atomic E-state index is 13.2. The van der Waals surface area contributed by atoms with E-state index in [4.69, 9.17) is 0 Å². The van der Waals surface area contributed by atoms with Crippen LogP contribution < -0.4 is 10.6 Å². The molecule has 0 bridgehead atoms. The van der Waals surface area contributed by atoms with E-state index in [1.54, 1.807) is 17.8 Å². The third-order valence-electron chi connectivity index (χ3n) is 4.13. The van der Waals surface area contributed by atoms with Gasteiger partial charge in [0.1, 0.15) is 5.82 Å². The highest BCUT2D eigenvalue weighted by Crippen LogP contribution is 2.42. The third-order valence-corrected chi connectivity index (χ3v) is 6.15. The molecule has 3 aromatic rings. The molecule has 0 spiro atoms. The average Bonchev–Trinajstić information content (AvgIpc) is 3.40. The van der Waals surface area contributed by atoms with Gasteiger partial charge in [-0.05, 0) is 48.1 Å². The van der Waals surface area contributed by atoms with Gasteiger partial charge in [-0.25, -0.2) is 9.18 Å². The van der Waals surface area contributed by atoms with Crippen molar-refractivity contribution in [3.05, 3.63) is 65.5 Å².